The maximum absolute atomic E-state index is 9.90. The molecule has 4 heteroatoms. The van der Waals surface area contributed by atoms with Gasteiger partial charge in [-0.05, 0) is 12.3 Å². The fourth-order valence-electron chi connectivity index (χ4n) is 0.412. The highest BCUT2D eigenvalue weighted by atomic mass is 16.4. The Balaban J connectivity index is 0. The number of hydrogen-bond donors (Lipinski definition) is 2. The van der Waals surface area contributed by atoms with Crippen LogP contribution in [0.3, 0.4) is 0 Å². The van der Waals surface area contributed by atoms with Crippen molar-refractivity contribution in [2.24, 2.45) is 5.92 Å². The molecule has 0 aliphatic carbocycles. The molecule has 0 spiro atoms. The van der Waals surface area contributed by atoms with Gasteiger partial charge in [0.05, 0.1) is 0 Å². The third-order valence-electron chi connectivity index (χ3n) is 1.24. The van der Waals surface area contributed by atoms with Gasteiger partial charge in [-0.1, -0.05) is 20.8 Å². The van der Waals surface area contributed by atoms with E-state index in [1.807, 2.05) is 13.8 Å². The molecule has 4 nitrogen and oxygen atoms in total. The lowest BCUT2D eigenvalue weighted by Crippen LogP contribution is -1.97. The summed E-state index contributed by atoms with van der Waals surface area (Å²) in [6.45, 7) is 5.63. The fraction of sp³-hybridized carbons (Fsp3) is 0.778. The molecule has 0 amide bonds. The molecule has 0 atom stereocenters. The van der Waals surface area contributed by atoms with Crippen LogP contribution in [-0.2, 0) is 9.59 Å². The predicted molar refractivity (Wildman–Crippen MR) is 49.6 cm³/mol. The minimum atomic E-state index is -0.745. The summed E-state index contributed by atoms with van der Waals surface area (Å²) < 4.78 is 0. The lowest BCUT2D eigenvalue weighted by molar-refractivity contribution is -0.138. The van der Waals surface area contributed by atoms with E-state index in [9.17, 15) is 9.59 Å². The van der Waals surface area contributed by atoms with E-state index < -0.39 is 11.9 Å². The number of aliphatic carboxylic acids is 2. The second-order valence-corrected chi connectivity index (χ2v) is 3.07. The van der Waals surface area contributed by atoms with Crippen LogP contribution in [0.2, 0.25) is 0 Å². The van der Waals surface area contributed by atoms with E-state index in [1.54, 1.807) is 6.92 Å². The highest BCUT2D eigenvalue weighted by molar-refractivity contribution is 5.66. The van der Waals surface area contributed by atoms with Crippen molar-refractivity contribution >= 4 is 11.9 Å². The number of carbonyl (C=O) groups is 2. The molecule has 0 fully saturated rings. The van der Waals surface area contributed by atoms with Crippen LogP contribution in [0, 0.1) is 5.92 Å². The van der Waals surface area contributed by atoms with Crippen LogP contribution in [-0.4, -0.2) is 22.2 Å². The minimum Gasteiger partial charge on any atom is -0.481 e. The van der Waals surface area contributed by atoms with Gasteiger partial charge in [-0.25, -0.2) is 0 Å². The van der Waals surface area contributed by atoms with Gasteiger partial charge in [0.2, 0.25) is 0 Å². The molecule has 0 unspecified atom stereocenters. The minimum absolute atomic E-state index is 0.222. The summed E-state index contributed by atoms with van der Waals surface area (Å²) in [6, 6.07) is 0. The summed E-state index contributed by atoms with van der Waals surface area (Å²) in [4.78, 5) is 19.3. The molecule has 13 heavy (non-hydrogen) atoms. The van der Waals surface area contributed by atoms with Crippen molar-refractivity contribution in [3.05, 3.63) is 0 Å². The highest BCUT2D eigenvalue weighted by Gasteiger charge is 1.97. The third-order valence-corrected chi connectivity index (χ3v) is 1.24. The van der Waals surface area contributed by atoms with Gasteiger partial charge in [0.1, 0.15) is 0 Å². The lowest BCUT2D eigenvalue weighted by Gasteiger charge is -1.97. The van der Waals surface area contributed by atoms with Gasteiger partial charge in [0.15, 0.2) is 0 Å². The zero-order valence-electron chi connectivity index (χ0n) is 8.41. The van der Waals surface area contributed by atoms with Gasteiger partial charge in [0, 0.05) is 12.8 Å². The highest BCUT2D eigenvalue weighted by Crippen LogP contribution is 2.01. The molecule has 0 bridgehead atoms. The quantitative estimate of drug-likeness (QED) is 0.710. The van der Waals surface area contributed by atoms with E-state index >= 15 is 0 Å². The van der Waals surface area contributed by atoms with Gasteiger partial charge in [-0.2, -0.15) is 0 Å². The van der Waals surface area contributed by atoms with Crippen molar-refractivity contribution < 1.29 is 19.8 Å². The van der Waals surface area contributed by atoms with Gasteiger partial charge >= 0.3 is 11.9 Å². The Hall–Kier alpha value is -1.06. The van der Waals surface area contributed by atoms with E-state index in [0.29, 0.717) is 12.3 Å². The predicted octanol–water partition coefficient (Wildman–Crippen LogP) is 1.99. The van der Waals surface area contributed by atoms with Crippen molar-refractivity contribution in [3.63, 3.8) is 0 Å². The molecule has 0 aromatic carbocycles. The molecule has 0 aromatic rings. The van der Waals surface area contributed by atoms with Crippen molar-refractivity contribution in [1.29, 1.82) is 0 Å². The van der Waals surface area contributed by atoms with Crippen molar-refractivity contribution in [2.45, 2.75) is 40.0 Å². The monoisotopic (exact) mass is 190 g/mol. The summed E-state index contributed by atoms with van der Waals surface area (Å²) in [5.41, 5.74) is 0. The van der Waals surface area contributed by atoms with Crippen molar-refractivity contribution in [2.75, 3.05) is 0 Å². The maximum atomic E-state index is 9.90. The molecule has 2 N–H and O–H groups in total. The Morgan fingerprint density at radius 3 is 1.62 bits per heavy atom. The first-order valence-electron chi connectivity index (χ1n) is 4.33. The van der Waals surface area contributed by atoms with E-state index in [4.69, 9.17) is 10.2 Å². The zero-order valence-corrected chi connectivity index (χ0v) is 8.41. The summed E-state index contributed by atoms with van der Waals surface area (Å²) in [5.74, 6) is -0.935. The topological polar surface area (TPSA) is 74.6 Å². The van der Waals surface area contributed by atoms with Crippen LogP contribution >= 0.6 is 0 Å². The van der Waals surface area contributed by atoms with Crippen molar-refractivity contribution in [1.82, 2.24) is 0 Å². The van der Waals surface area contributed by atoms with Crippen LogP contribution in [0.5, 0.6) is 0 Å². The molecular formula is C9H18O4. The fourth-order valence-corrected chi connectivity index (χ4v) is 0.412. The van der Waals surface area contributed by atoms with Crippen LogP contribution in [0.4, 0.5) is 0 Å². The van der Waals surface area contributed by atoms with E-state index in [2.05, 4.69) is 0 Å². The average Bonchev–Trinajstić information content (AvgIpc) is 2.02. The standard InChI is InChI=1S/C6H12O2.C3H6O2/c1-5(2)3-4-6(7)8;1-2-3(4)5/h5H,3-4H2,1-2H3,(H,7,8);2H2,1H3,(H,4,5). The summed E-state index contributed by atoms with van der Waals surface area (Å²) >= 11 is 0. The van der Waals surface area contributed by atoms with Crippen molar-refractivity contribution in [3.8, 4) is 0 Å². The lowest BCUT2D eigenvalue weighted by atomic mass is 10.1. The third kappa shape index (κ3) is 24.8. The van der Waals surface area contributed by atoms with Crippen LogP contribution in [0.1, 0.15) is 40.0 Å². The summed E-state index contributed by atoms with van der Waals surface area (Å²) in [7, 11) is 0. The molecule has 0 aromatic heterocycles. The molecule has 78 valence electrons. The van der Waals surface area contributed by atoms with Gasteiger partial charge in [-0.3, -0.25) is 9.59 Å². The first kappa shape index (κ1) is 14.5. The Labute approximate surface area is 78.6 Å². The first-order chi connectivity index (χ1) is 5.90. The Morgan fingerprint density at radius 1 is 1.15 bits per heavy atom. The first-order valence-corrected chi connectivity index (χ1v) is 4.33. The molecule has 0 rings (SSSR count). The van der Waals surface area contributed by atoms with E-state index in [1.165, 1.54) is 0 Å². The summed E-state index contributed by atoms with van der Waals surface area (Å²) in [6.07, 6.45) is 1.31. The van der Waals surface area contributed by atoms with Gasteiger partial charge in [0.25, 0.3) is 0 Å². The smallest absolute Gasteiger partial charge is 0.303 e. The largest absolute Gasteiger partial charge is 0.481 e. The number of carboxylic acids is 2. The maximum Gasteiger partial charge on any atom is 0.303 e. The normalized spacial score (nSPS) is 8.92. The van der Waals surface area contributed by atoms with Gasteiger partial charge < -0.3 is 10.2 Å². The number of rotatable bonds is 4. The van der Waals surface area contributed by atoms with Crippen LogP contribution in [0.25, 0.3) is 0 Å². The SMILES string of the molecule is CC(C)CCC(=O)O.CCC(=O)O. The second-order valence-electron chi connectivity index (χ2n) is 3.07. The molecule has 0 saturated heterocycles. The molecule has 0 heterocycles. The van der Waals surface area contributed by atoms with Crippen LogP contribution < -0.4 is 0 Å². The van der Waals surface area contributed by atoms with E-state index in [-0.39, 0.29) is 6.42 Å². The van der Waals surface area contributed by atoms with Crippen LogP contribution in [0.15, 0.2) is 0 Å². The Bertz CT molecular complexity index is 152. The van der Waals surface area contributed by atoms with Gasteiger partial charge in [-0.15, -0.1) is 0 Å². The molecule has 0 saturated carbocycles. The Kier molecular flexibility index (Phi) is 10.0. The summed E-state index contributed by atoms with van der Waals surface area (Å²) in [5, 5.41) is 15.9. The second kappa shape index (κ2) is 9.03. The zero-order chi connectivity index (χ0) is 10.9. The number of carboxylic acid groups (broad SMARTS) is 2. The molecule has 0 radical (unpaired) electrons. The number of hydrogen-bond acceptors (Lipinski definition) is 2. The Morgan fingerprint density at radius 2 is 1.54 bits per heavy atom. The van der Waals surface area contributed by atoms with E-state index in [0.717, 1.165) is 6.42 Å². The molecule has 0 aliphatic heterocycles. The molecule has 0 aliphatic rings. The average molecular weight is 190 g/mol. The molecular weight excluding hydrogens is 172 g/mol.